The summed E-state index contributed by atoms with van der Waals surface area (Å²) in [5, 5.41) is 3.17. The van der Waals surface area contributed by atoms with E-state index >= 15 is 0 Å². The first kappa shape index (κ1) is 23.0. The van der Waals surface area contributed by atoms with Crippen LogP contribution in [0.15, 0.2) is 24.3 Å². The van der Waals surface area contributed by atoms with Gasteiger partial charge in [-0.3, -0.25) is 14.3 Å². The molecule has 2 aromatic rings. The van der Waals surface area contributed by atoms with Crippen molar-refractivity contribution < 1.29 is 27.5 Å². The van der Waals surface area contributed by atoms with Crippen molar-refractivity contribution in [1.29, 1.82) is 0 Å². The smallest absolute Gasteiger partial charge is 0.342 e. The normalized spacial score (nSPS) is 14.3. The predicted molar refractivity (Wildman–Crippen MR) is 119 cm³/mol. The van der Waals surface area contributed by atoms with E-state index in [0.717, 1.165) is 42.4 Å². The zero-order valence-corrected chi connectivity index (χ0v) is 19.1. The number of anilines is 2. The number of hydrogen-bond acceptors (Lipinski definition) is 7. The number of Topliss-reactive ketones (excluding diaryl/α,β-unsaturated/α-hetero) is 1. The van der Waals surface area contributed by atoms with Gasteiger partial charge >= 0.3 is 5.97 Å². The molecular weight excluding hydrogens is 440 g/mol. The van der Waals surface area contributed by atoms with E-state index in [4.69, 9.17) is 4.74 Å². The van der Waals surface area contributed by atoms with Crippen molar-refractivity contribution in [1.82, 2.24) is 0 Å². The van der Waals surface area contributed by atoms with Crippen LogP contribution in [-0.4, -0.2) is 38.4 Å². The molecule has 3 rings (SSSR count). The van der Waals surface area contributed by atoms with Gasteiger partial charge in [-0.05, 0) is 62.4 Å². The number of aryl methyl sites for hydroxylation is 1. The molecule has 1 amide bonds. The molecule has 0 bridgehead atoms. The van der Waals surface area contributed by atoms with Crippen molar-refractivity contribution in [3.05, 3.63) is 45.8 Å². The second-order valence-corrected chi connectivity index (χ2v) is 10.3. The van der Waals surface area contributed by atoms with Gasteiger partial charge in [-0.1, -0.05) is 0 Å². The van der Waals surface area contributed by atoms with Gasteiger partial charge in [0.25, 0.3) is 0 Å². The number of thiophene rings is 1. The summed E-state index contributed by atoms with van der Waals surface area (Å²) in [5.74, 6) is -1.33. The molecule has 1 aromatic heterocycles. The summed E-state index contributed by atoms with van der Waals surface area (Å²) in [5.41, 5.74) is 1.84. The molecule has 1 heterocycles. The standard InChI is InChI=1S/C21H24N2O6S2/c1-12(19(25)14-8-10-15(11-9-14)23-31(3,27)28)29-21(26)18-16-6-4-5-7-17(16)30-20(18)22-13(2)24/h8-12,23H,4-7H2,1-3H3,(H,22,24). The minimum atomic E-state index is -3.42. The van der Waals surface area contributed by atoms with Crippen LogP contribution in [0.4, 0.5) is 10.7 Å². The molecule has 31 heavy (non-hydrogen) atoms. The van der Waals surface area contributed by atoms with E-state index in [-0.39, 0.29) is 11.5 Å². The fraction of sp³-hybridized carbons (Fsp3) is 0.381. The Bertz CT molecular complexity index is 1120. The second kappa shape index (κ2) is 9.19. The highest BCUT2D eigenvalue weighted by Gasteiger charge is 2.29. The van der Waals surface area contributed by atoms with E-state index in [0.29, 0.717) is 16.3 Å². The Hall–Kier alpha value is -2.72. The highest BCUT2D eigenvalue weighted by Crippen LogP contribution is 2.38. The predicted octanol–water partition coefficient (Wildman–Crippen LogP) is 3.39. The number of rotatable bonds is 7. The summed E-state index contributed by atoms with van der Waals surface area (Å²) in [4.78, 5) is 38.3. The molecule has 10 heteroatoms. The fourth-order valence-corrected chi connectivity index (χ4v) is 5.34. The molecular formula is C21H24N2O6S2. The van der Waals surface area contributed by atoms with Gasteiger partial charge in [0.1, 0.15) is 5.00 Å². The third kappa shape index (κ3) is 5.71. The highest BCUT2D eigenvalue weighted by atomic mass is 32.2. The van der Waals surface area contributed by atoms with Crippen LogP contribution in [0.2, 0.25) is 0 Å². The van der Waals surface area contributed by atoms with E-state index < -0.39 is 27.9 Å². The average Bonchev–Trinajstić information content (AvgIpc) is 3.03. The van der Waals surface area contributed by atoms with Gasteiger partial charge in [0.05, 0.1) is 11.8 Å². The quantitative estimate of drug-likeness (QED) is 0.479. The monoisotopic (exact) mass is 464 g/mol. The Morgan fingerprint density at radius 1 is 1.10 bits per heavy atom. The molecule has 0 saturated carbocycles. The molecule has 0 aliphatic heterocycles. The summed E-state index contributed by atoms with van der Waals surface area (Å²) >= 11 is 1.38. The van der Waals surface area contributed by atoms with Crippen molar-refractivity contribution >= 4 is 49.7 Å². The molecule has 8 nitrogen and oxygen atoms in total. The van der Waals surface area contributed by atoms with Gasteiger partial charge in [0, 0.05) is 23.1 Å². The first-order chi connectivity index (χ1) is 14.5. The lowest BCUT2D eigenvalue weighted by atomic mass is 9.95. The van der Waals surface area contributed by atoms with Crippen LogP contribution in [-0.2, 0) is 32.4 Å². The van der Waals surface area contributed by atoms with Crippen LogP contribution in [0.25, 0.3) is 0 Å². The van der Waals surface area contributed by atoms with Gasteiger partial charge in [0.15, 0.2) is 6.10 Å². The zero-order chi connectivity index (χ0) is 22.8. The van der Waals surface area contributed by atoms with Gasteiger partial charge in [-0.25, -0.2) is 13.2 Å². The molecule has 1 aliphatic rings. The maximum atomic E-state index is 12.9. The highest BCUT2D eigenvalue weighted by molar-refractivity contribution is 7.92. The average molecular weight is 465 g/mol. The van der Waals surface area contributed by atoms with Crippen molar-refractivity contribution in [2.45, 2.75) is 45.6 Å². The summed E-state index contributed by atoms with van der Waals surface area (Å²) in [6.07, 6.45) is 3.54. The topological polar surface area (TPSA) is 119 Å². The molecule has 0 radical (unpaired) electrons. The van der Waals surface area contributed by atoms with Crippen LogP contribution in [0.1, 0.15) is 57.8 Å². The summed E-state index contributed by atoms with van der Waals surface area (Å²) in [6.45, 7) is 2.86. The maximum Gasteiger partial charge on any atom is 0.342 e. The lowest BCUT2D eigenvalue weighted by Crippen LogP contribution is -2.25. The Morgan fingerprint density at radius 2 is 1.74 bits per heavy atom. The number of fused-ring (bicyclic) bond motifs is 1. The minimum absolute atomic E-state index is 0.278. The minimum Gasteiger partial charge on any atom is -0.451 e. The van der Waals surface area contributed by atoms with Crippen molar-refractivity contribution in [3.8, 4) is 0 Å². The van der Waals surface area contributed by atoms with Crippen LogP contribution < -0.4 is 10.0 Å². The molecule has 1 aromatic carbocycles. The number of carbonyl (C=O) groups excluding carboxylic acids is 3. The number of esters is 1. The van der Waals surface area contributed by atoms with E-state index in [1.165, 1.54) is 49.4 Å². The lowest BCUT2D eigenvalue weighted by Gasteiger charge is -2.16. The Labute approximate surface area is 185 Å². The summed E-state index contributed by atoms with van der Waals surface area (Å²) in [6, 6.07) is 5.87. The van der Waals surface area contributed by atoms with Crippen LogP contribution in [0.3, 0.4) is 0 Å². The van der Waals surface area contributed by atoms with Crippen LogP contribution in [0.5, 0.6) is 0 Å². The summed E-state index contributed by atoms with van der Waals surface area (Å²) in [7, 11) is -3.42. The van der Waals surface area contributed by atoms with Crippen molar-refractivity contribution in [3.63, 3.8) is 0 Å². The Morgan fingerprint density at radius 3 is 2.35 bits per heavy atom. The SMILES string of the molecule is CC(=O)Nc1sc2c(c1C(=O)OC(C)C(=O)c1ccc(NS(C)(=O)=O)cc1)CCCC2. The number of amides is 1. The Kier molecular flexibility index (Phi) is 6.80. The van der Waals surface area contributed by atoms with Crippen LogP contribution in [0, 0.1) is 0 Å². The number of hydrogen-bond donors (Lipinski definition) is 2. The first-order valence-electron chi connectivity index (χ1n) is 9.80. The molecule has 1 atom stereocenters. The third-order valence-electron chi connectivity index (χ3n) is 4.79. The Balaban J connectivity index is 1.76. The summed E-state index contributed by atoms with van der Waals surface area (Å²) < 4.78 is 30.4. The number of nitrogens with one attached hydrogen (secondary N) is 2. The molecule has 1 unspecified atom stereocenters. The zero-order valence-electron chi connectivity index (χ0n) is 17.5. The van der Waals surface area contributed by atoms with Gasteiger partial charge < -0.3 is 10.1 Å². The van der Waals surface area contributed by atoms with Crippen molar-refractivity contribution in [2.24, 2.45) is 0 Å². The second-order valence-electron chi connectivity index (χ2n) is 7.46. The maximum absolute atomic E-state index is 12.9. The van der Waals surface area contributed by atoms with E-state index in [9.17, 15) is 22.8 Å². The fourth-order valence-electron chi connectivity index (χ4n) is 3.45. The van der Waals surface area contributed by atoms with E-state index in [2.05, 4.69) is 10.0 Å². The van der Waals surface area contributed by atoms with Crippen molar-refractivity contribution in [2.75, 3.05) is 16.3 Å². The lowest BCUT2D eigenvalue weighted by molar-refractivity contribution is -0.114. The molecule has 2 N–H and O–H groups in total. The third-order valence-corrected chi connectivity index (χ3v) is 6.60. The largest absolute Gasteiger partial charge is 0.451 e. The molecule has 0 spiro atoms. The number of carbonyl (C=O) groups is 3. The number of ketones is 1. The van der Waals surface area contributed by atoms with Gasteiger partial charge in [-0.15, -0.1) is 11.3 Å². The molecule has 1 aliphatic carbocycles. The molecule has 0 saturated heterocycles. The van der Waals surface area contributed by atoms with Crippen LogP contribution >= 0.6 is 11.3 Å². The van der Waals surface area contributed by atoms with Gasteiger partial charge in [0.2, 0.25) is 21.7 Å². The number of ether oxygens (including phenoxy) is 1. The van der Waals surface area contributed by atoms with E-state index in [1.807, 2.05) is 0 Å². The number of sulfonamides is 1. The number of benzene rings is 1. The molecule has 166 valence electrons. The van der Waals surface area contributed by atoms with E-state index in [1.54, 1.807) is 0 Å². The first-order valence-corrected chi connectivity index (χ1v) is 12.5. The molecule has 0 fully saturated rings. The van der Waals surface area contributed by atoms with Gasteiger partial charge in [-0.2, -0.15) is 0 Å².